The van der Waals surface area contributed by atoms with Gasteiger partial charge in [-0.15, -0.1) is 0 Å². The molecular formula is C19H30O2. The van der Waals surface area contributed by atoms with Crippen molar-refractivity contribution in [2.45, 2.75) is 53.8 Å². The van der Waals surface area contributed by atoms with Gasteiger partial charge in [-0.25, -0.2) is 0 Å². The maximum atomic E-state index is 5.81. The van der Waals surface area contributed by atoms with Crippen LogP contribution in [-0.4, -0.2) is 18.8 Å². The van der Waals surface area contributed by atoms with E-state index in [2.05, 4.69) is 39.0 Å². The minimum absolute atomic E-state index is 0.233. The van der Waals surface area contributed by atoms with Crippen LogP contribution < -0.4 is 0 Å². The highest BCUT2D eigenvalue weighted by Crippen LogP contribution is 2.36. The lowest BCUT2D eigenvalue weighted by Gasteiger charge is -2.19. The van der Waals surface area contributed by atoms with Crippen molar-refractivity contribution in [1.29, 1.82) is 0 Å². The second-order valence-electron chi connectivity index (χ2n) is 5.73. The molecule has 4 atom stereocenters. The van der Waals surface area contributed by atoms with Crippen molar-refractivity contribution in [3.05, 3.63) is 47.8 Å². The first-order chi connectivity index (χ1) is 10.0. The van der Waals surface area contributed by atoms with E-state index in [1.54, 1.807) is 0 Å². The summed E-state index contributed by atoms with van der Waals surface area (Å²) in [5.41, 5.74) is 1.40. The lowest BCUT2D eigenvalue weighted by atomic mass is 9.86. The predicted molar refractivity (Wildman–Crippen MR) is 90.1 cm³/mol. The number of rotatable bonds is 8. The van der Waals surface area contributed by atoms with E-state index < -0.39 is 0 Å². The Hall–Kier alpha value is -1.28. The fourth-order valence-corrected chi connectivity index (χ4v) is 2.42. The highest BCUT2D eigenvalue weighted by atomic mass is 16.6. The van der Waals surface area contributed by atoms with Crippen molar-refractivity contribution in [2.75, 3.05) is 6.61 Å². The Bertz CT molecular complexity index is 429. The van der Waals surface area contributed by atoms with Gasteiger partial charge < -0.3 is 9.47 Å². The van der Waals surface area contributed by atoms with E-state index in [0.717, 1.165) is 5.76 Å². The zero-order valence-corrected chi connectivity index (χ0v) is 14.3. The van der Waals surface area contributed by atoms with Gasteiger partial charge in [0, 0.05) is 0 Å². The molecule has 1 fully saturated rings. The van der Waals surface area contributed by atoms with Gasteiger partial charge in [-0.05, 0) is 51.7 Å². The molecule has 0 amide bonds. The van der Waals surface area contributed by atoms with E-state index in [1.807, 2.05) is 39.0 Å². The second kappa shape index (κ2) is 8.89. The number of hydrogen-bond donors (Lipinski definition) is 0. The van der Waals surface area contributed by atoms with Crippen LogP contribution in [0.25, 0.3) is 0 Å². The minimum Gasteiger partial charge on any atom is -0.491 e. The highest BCUT2D eigenvalue weighted by Gasteiger charge is 2.45. The molecule has 1 aliphatic rings. The molecule has 0 aromatic rings. The van der Waals surface area contributed by atoms with Gasteiger partial charge in [-0.3, -0.25) is 0 Å². The minimum atomic E-state index is 0.233. The zero-order chi connectivity index (χ0) is 15.8. The van der Waals surface area contributed by atoms with Crippen LogP contribution in [0.5, 0.6) is 0 Å². The normalized spacial score (nSPS) is 26.4. The summed E-state index contributed by atoms with van der Waals surface area (Å²) >= 11 is 0. The Kier molecular flexibility index (Phi) is 7.52. The molecule has 2 nitrogen and oxygen atoms in total. The fourth-order valence-electron chi connectivity index (χ4n) is 2.42. The molecule has 1 heterocycles. The van der Waals surface area contributed by atoms with Gasteiger partial charge in [0.05, 0.1) is 6.10 Å². The van der Waals surface area contributed by atoms with E-state index in [9.17, 15) is 0 Å². The summed E-state index contributed by atoms with van der Waals surface area (Å²) in [5, 5.41) is 0. The summed E-state index contributed by atoms with van der Waals surface area (Å²) in [5.74, 6) is 1.94. The topological polar surface area (TPSA) is 21.8 Å². The van der Waals surface area contributed by atoms with E-state index in [0.29, 0.717) is 24.5 Å². The largest absolute Gasteiger partial charge is 0.491 e. The molecule has 0 aromatic heterocycles. The first kappa shape index (κ1) is 17.8. The molecule has 118 valence electrons. The first-order valence-electron chi connectivity index (χ1n) is 7.91. The highest BCUT2D eigenvalue weighted by molar-refractivity contribution is 5.14. The molecule has 0 aromatic carbocycles. The monoisotopic (exact) mass is 290 g/mol. The van der Waals surface area contributed by atoms with Crippen LogP contribution in [0, 0.1) is 11.8 Å². The molecule has 0 aliphatic carbocycles. The molecule has 0 N–H and O–H groups in total. The molecule has 1 rings (SSSR count). The van der Waals surface area contributed by atoms with Crippen molar-refractivity contribution in [3.63, 3.8) is 0 Å². The number of allylic oxidation sites excluding steroid dienone is 7. The van der Waals surface area contributed by atoms with Gasteiger partial charge in [-0.1, -0.05) is 43.7 Å². The standard InChI is InChI=1S/C19H30O2/c1-7-10-12-14(4)15(5)16(6)19-18(21-19)13-20-17(9-3)11-8-2/h7-12,15-16,18-19H,13H2,1-6H3/b10-7-,11-8-,14-12+,17-9+. The van der Waals surface area contributed by atoms with Crippen molar-refractivity contribution in [3.8, 4) is 0 Å². The van der Waals surface area contributed by atoms with Gasteiger partial charge in [0.25, 0.3) is 0 Å². The Morgan fingerprint density at radius 2 is 1.90 bits per heavy atom. The van der Waals surface area contributed by atoms with Gasteiger partial charge in [0.1, 0.15) is 18.5 Å². The molecular weight excluding hydrogens is 260 g/mol. The molecule has 21 heavy (non-hydrogen) atoms. The number of hydrogen-bond acceptors (Lipinski definition) is 2. The van der Waals surface area contributed by atoms with Crippen molar-refractivity contribution in [1.82, 2.24) is 0 Å². The SMILES string of the molecule is C/C=C\C=C(/C)C(C)C(C)C1OC1COC(/C=C\C)=C/C. The summed E-state index contributed by atoms with van der Waals surface area (Å²) in [6.07, 6.45) is 12.9. The Morgan fingerprint density at radius 3 is 2.48 bits per heavy atom. The molecule has 4 unspecified atom stereocenters. The van der Waals surface area contributed by atoms with Crippen LogP contribution in [0.2, 0.25) is 0 Å². The quantitative estimate of drug-likeness (QED) is 0.355. The van der Waals surface area contributed by atoms with Gasteiger partial charge in [-0.2, -0.15) is 0 Å². The molecule has 0 radical (unpaired) electrons. The first-order valence-corrected chi connectivity index (χ1v) is 7.91. The van der Waals surface area contributed by atoms with Crippen LogP contribution in [0.1, 0.15) is 41.5 Å². The van der Waals surface area contributed by atoms with Gasteiger partial charge >= 0.3 is 0 Å². The Morgan fingerprint density at radius 1 is 1.19 bits per heavy atom. The third-order valence-electron chi connectivity index (χ3n) is 4.23. The summed E-state index contributed by atoms with van der Waals surface area (Å²) in [6, 6.07) is 0. The molecule has 1 saturated heterocycles. The van der Waals surface area contributed by atoms with Gasteiger partial charge in [0.2, 0.25) is 0 Å². The zero-order valence-electron chi connectivity index (χ0n) is 14.3. The van der Waals surface area contributed by atoms with E-state index >= 15 is 0 Å². The lowest BCUT2D eigenvalue weighted by Crippen LogP contribution is -2.18. The van der Waals surface area contributed by atoms with Crippen LogP contribution in [0.15, 0.2) is 47.8 Å². The van der Waals surface area contributed by atoms with Crippen LogP contribution >= 0.6 is 0 Å². The average Bonchev–Trinajstić information content (AvgIpc) is 3.26. The lowest BCUT2D eigenvalue weighted by molar-refractivity contribution is 0.191. The van der Waals surface area contributed by atoms with E-state index in [-0.39, 0.29) is 6.10 Å². The predicted octanol–water partition coefficient (Wildman–Crippen LogP) is 5.04. The second-order valence-corrected chi connectivity index (χ2v) is 5.73. The third-order valence-corrected chi connectivity index (χ3v) is 4.23. The molecule has 0 bridgehead atoms. The van der Waals surface area contributed by atoms with E-state index in [1.165, 1.54) is 5.57 Å². The molecule has 2 heteroatoms. The summed E-state index contributed by atoms with van der Waals surface area (Å²) in [6.45, 7) is 13.4. The van der Waals surface area contributed by atoms with E-state index in [4.69, 9.17) is 9.47 Å². The summed E-state index contributed by atoms with van der Waals surface area (Å²) < 4.78 is 11.6. The third kappa shape index (κ3) is 5.55. The summed E-state index contributed by atoms with van der Waals surface area (Å²) in [4.78, 5) is 0. The Balaban J connectivity index is 2.44. The van der Waals surface area contributed by atoms with Crippen molar-refractivity contribution in [2.24, 2.45) is 11.8 Å². The van der Waals surface area contributed by atoms with Crippen molar-refractivity contribution < 1.29 is 9.47 Å². The number of ether oxygens (including phenoxy) is 2. The van der Waals surface area contributed by atoms with Crippen LogP contribution in [0.4, 0.5) is 0 Å². The smallest absolute Gasteiger partial charge is 0.118 e. The van der Waals surface area contributed by atoms with Crippen LogP contribution in [0.3, 0.4) is 0 Å². The Labute approximate surface area is 130 Å². The molecule has 0 spiro atoms. The maximum Gasteiger partial charge on any atom is 0.118 e. The van der Waals surface area contributed by atoms with Crippen LogP contribution in [-0.2, 0) is 9.47 Å². The summed E-state index contributed by atoms with van der Waals surface area (Å²) in [7, 11) is 0. The number of epoxide rings is 1. The van der Waals surface area contributed by atoms with Gasteiger partial charge in [0.15, 0.2) is 0 Å². The van der Waals surface area contributed by atoms with Crippen molar-refractivity contribution >= 4 is 0 Å². The fraction of sp³-hybridized carbons (Fsp3) is 0.579. The molecule has 1 aliphatic heterocycles. The average molecular weight is 290 g/mol. The molecule has 0 saturated carbocycles. The maximum absolute atomic E-state index is 5.81.